The fourth-order valence-electron chi connectivity index (χ4n) is 1.93. The summed E-state index contributed by atoms with van der Waals surface area (Å²) in [5.41, 5.74) is 0.659. The summed E-state index contributed by atoms with van der Waals surface area (Å²) in [5.74, 6) is 2.66. The maximum atomic E-state index is 11.8. The number of aromatic nitrogens is 1. The van der Waals surface area contributed by atoms with Crippen molar-refractivity contribution in [3.8, 4) is 17.4 Å². The number of carbonyl (C=O) groups is 1. The Morgan fingerprint density at radius 2 is 2.00 bits per heavy atom. The number of ether oxygens (including phenoxy) is 2. The van der Waals surface area contributed by atoms with Gasteiger partial charge in [-0.1, -0.05) is 12.1 Å². The zero-order valence-electron chi connectivity index (χ0n) is 13.2. The summed E-state index contributed by atoms with van der Waals surface area (Å²) in [7, 11) is 1.59. The Bertz CT molecular complexity index is 632. The van der Waals surface area contributed by atoms with Crippen LogP contribution in [-0.2, 0) is 4.79 Å². The second-order valence-corrected chi connectivity index (χ2v) is 5.77. The third-order valence-corrected chi connectivity index (χ3v) is 3.75. The van der Waals surface area contributed by atoms with Crippen molar-refractivity contribution in [3.05, 3.63) is 42.6 Å². The van der Waals surface area contributed by atoms with Crippen molar-refractivity contribution in [2.24, 2.45) is 0 Å². The molecule has 0 aliphatic rings. The molecule has 1 heterocycles. The second-order valence-electron chi connectivity index (χ2n) is 4.78. The van der Waals surface area contributed by atoms with Crippen molar-refractivity contribution in [2.75, 3.05) is 24.4 Å². The van der Waals surface area contributed by atoms with E-state index >= 15 is 0 Å². The molecule has 0 fully saturated rings. The first-order valence-corrected chi connectivity index (χ1v) is 8.68. The Balaban J connectivity index is 1.93. The molecule has 2 rings (SSSR count). The third kappa shape index (κ3) is 5.49. The van der Waals surface area contributed by atoms with Gasteiger partial charge in [0.1, 0.15) is 0 Å². The van der Waals surface area contributed by atoms with Crippen LogP contribution < -0.4 is 14.8 Å². The van der Waals surface area contributed by atoms with Crippen LogP contribution in [0.1, 0.15) is 12.8 Å². The molecule has 23 heavy (non-hydrogen) atoms. The van der Waals surface area contributed by atoms with E-state index in [2.05, 4.69) is 10.3 Å². The number of nitrogens with zero attached hydrogens (tertiary/aromatic N) is 1. The highest BCUT2D eigenvalue weighted by Crippen LogP contribution is 2.30. The molecule has 6 heteroatoms. The van der Waals surface area contributed by atoms with Gasteiger partial charge in [-0.3, -0.25) is 4.79 Å². The number of nitrogens with one attached hydrogen (secondary N) is 1. The molecule has 1 amide bonds. The molecule has 0 aliphatic carbocycles. The van der Waals surface area contributed by atoms with Crippen LogP contribution in [-0.4, -0.2) is 30.0 Å². The number of hydrogen-bond acceptors (Lipinski definition) is 5. The number of hydrogen-bond donors (Lipinski definition) is 1. The van der Waals surface area contributed by atoms with Crippen LogP contribution in [0.25, 0.3) is 0 Å². The average molecular weight is 332 g/mol. The van der Waals surface area contributed by atoms with Gasteiger partial charge < -0.3 is 14.8 Å². The number of methoxy groups -OCH3 is 1. The number of carbonyl (C=O) groups excluding carboxylic acids is 1. The topological polar surface area (TPSA) is 60.5 Å². The summed E-state index contributed by atoms with van der Waals surface area (Å²) in [6.45, 7) is 0. The number of pyridine rings is 1. The molecule has 1 aromatic carbocycles. The molecule has 122 valence electrons. The van der Waals surface area contributed by atoms with Gasteiger partial charge in [0.05, 0.1) is 19.0 Å². The maximum absolute atomic E-state index is 11.8. The van der Waals surface area contributed by atoms with Crippen LogP contribution in [0, 0.1) is 0 Å². The van der Waals surface area contributed by atoms with Gasteiger partial charge in [0.15, 0.2) is 11.5 Å². The van der Waals surface area contributed by atoms with Gasteiger partial charge in [0, 0.05) is 12.5 Å². The highest BCUT2D eigenvalue weighted by Gasteiger charge is 2.06. The van der Waals surface area contributed by atoms with Gasteiger partial charge in [0.2, 0.25) is 11.8 Å². The van der Waals surface area contributed by atoms with Gasteiger partial charge in [-0.2, -0.15) is 11.8 Å². The molecule has 5 nitrogen and oxygen atoms in total. The summed E-state index contributed by atoms with van der Waals surface area (Å²) in [6.07, 6.45) is 5.00. The van der Waals surface area contributed by atoms with Crippen LogP contribution in [0.5, 0.6) is 17.4 Å². The van der Waals surface area contributed by atoms with Crippen molar-refractivity contribution in [1.29, 1.82) is 0 Å². The number of benzene rings is 1. The van der Waals surface area contributed by atoms with Gasteiger partial charge in [0.25, 0.3) is 0 Å². The lowest BCUT2D eigenvalue weighted by atomic mass is 10.3. The van der Waals surface area contributed by atoms with E-state index in [0.717, 1.165) is 12.2 Å². The zero-order valence-corrected chi connectivity index (χ0v) is 14.1. The Hall–Kier alpha value is -2.21. The van der Waals surface area contributed by atoms with E-state index in [4.69, 9.17) is 9.47 Å². The summed E-state index contributed by atoms with van der Waals surface area (Å²) >= 11 is 1.74. The summed E-state index contributed by atoms with van der Waals surface area (Å²) < 4.78 is 10.9. The zero-order chi connectivity index (χ0) is 16.5. The molecule has 0 bridgehead atoms. The number of rotatable bonds is 8. The molecule has 0 radical (unpaired) electrons. The molecular formula is C17H20N2O3S. The van der Waals surface area contributed by atoms with E-state index in [1.54, 1.807) is 37.2 Å². The quantitative estimate of drug-likeness (QED) is 0.741. The van der Waals surface area contributed by atoms with Gasteiger partial charge in [-0.25, -0.2) is 4.98 Å². The van der Waals surface area contributed by atoms with Crippen LogP contribution in [0.15, 0.2) is 42.6 Å². The minimum atomic E-state index is -0.000697. The number of amides is 1. The van der Waals surface area contributed by atoms with Crippen LogP contribution in [0.2, 0.25) is 0 Å². The highest BCUT2D eigenvalue weighted by atomic mass is 32.2. The van der Waals surface area contributed by atoms with E-state index in [0.29, 0.717) is 29.5 Å². The molecule has 1 N–H and O–H groups in total. The van der Waals surface area contributed by atoms with Crippen molar-refractivity contribution in [3.63, 3.8) is 0 Å². The third-order valence-electron chi connectivity index (χ3n) is 3.06. The SMILES string of the molecule is COc1ccccc1Oc1ccc(NC(=O)CCCSC)cn1. The molecule has 0 aliphatic heterocycles. The molecule has 0 unspecified atom stereocenters. The van der Waals surface area contributed by atoms with Crippen molar-refractivity contribution in [2.45, 2.75) is 12.8 Å². The molecule has 0 saturated carbocycles. The van der Waals surface area contributed by atoms with Gasteiger partial charge >= 0.3 is 0 Å². The first-order valence-electron chi connectivity index (χ1n) is 7.28. The molecule has 0 spiro atoms. The summed E-state index contributed by atoms with van der Waals surface area (Å²) in [6, 6.07) is 10.8. The fraction of sp³-hybridized carbons (Fsp3) is 0.294. The number of para-hydroxylation sites is 2. The Labute approximate surface area is 140 Å². The normalized spacial score (nSPS) is 10.2. The van der Waals surface area contributed by atoms with Crippen molar-refractivity contribution < 1.29 is 14.3 Å². The second kappa shape index (κ2) is 9.05. The summed E-state index contributed by atoms with van der Waals surface area (Å²) in [4.78, 5) is 16.0. The average Bonchev–Trinajstić information content (AvgIpc) is 2.57. The summed E-state index contributed by atoms with van der Waals surface area (Å²) in [5, 5.41) is 2.82. The minimum absolute atomic E-state index is 0.000697. The molecule has 2 aromatic rings. The smallest absolute Gasteiger partial charge is 0.224 e. The first kappa shape index (κ1) is 17.1. The van der Waals surface area contributed by atoms with E-state index in [1.165, 1.54) is 0 Å². The van der Waals surface area contributed by atoms with Crippen LogP contribution >= 0.6 is 11.8 Å². The van der Waals surface area contributed by atoms with Crippen molar-refractivity contribution >= 4 is 23.4 Å². The highest BCUT2D eigenvalue weighted by molar-refractivity contribution is 7.98. The van der Waals surface area contributed by atoms with E-state index in [1.807, 2.05) is 30.5 Å². The maximum Gasteiger partial charge on any atom is 0.224 e. The lowest BCUT2D eigenvalue weighted by Gasteiger charge is -2.10. The van der Waals surface area contributed by atoms with Gasteiger partial charge in [-0.05, 0) is 36.6 Å². The first-order chi connectivity index (χ1) is 11.2. The minimum Gasteiger partial charge on any atom is -0.493 e. The monoisotopic (exact) mass is 332 g/mol. The lowest BCUT2D eigenvalue weighted by molar-refractivity contribution is -0.116. The molecular weight excluding hydrogens is 312 g/mol. The standard InChI is InChI=1S/C17H20N2O3S/c1-21-14-6-3-4-7-15(14)22-17-10-9-13(12-18-17)19-16(20)8-5-11-23-2/h3-4,6-7,9-10,12H,5,8,11H2,1-2H3,(H,19,20). The predicted molar refractivity (Wildman–Crippen MR) is 93.6 cm³/mol. The largest absolute Gasteiger partial charge is 0.493 e. The number of anilines is 1. The van der Waals surface area contributed by atoms with Crippen LogP contribution in [0.4, 0.5) is 5.69 Å². The van der Waals surface area contributed by atoms with Gasteiger partial charge in [-0.15, -0.1) is 0 Å². The van der Waals surface area contributed by atoms with Crippen molar-refractivity contribution in [1.82, 2.24) is 4.98 Å². The van der Waals surface area contributed by atoms with E-state index < -0.39 is 0 Å². The Kier molecular flexibility index (Phi) is 6.75. The fourth-order valence-corrected chi connectivity index (χ4v) is 2.36. The molecule has 0 atom stereocenters. The number of thioether (sulfide) groups is 1. The molecule has 0 saturated heterocycles. The van der Waals surface area contributed by atoms with E-state index in [9.17, 15) is 4.79 Å². The Morgan fingerprint density at radius 1 is 1.22 bits per heavy atom. The van der Waals surface area contributed by atoms with Crippen LogP contribution in [0.3, 0.4) is 0 Å². The molecule has 1 aromatic heterocycles. The predicted octanol–water partition coefficient (Wildman–Crippen LogP) is 3.96. The van der Waals surface area contributed by atoms with E-state index in [-0.39, 0.29) is 5.91 Å². The Morgan fingerprint density at radius 3 is 2.65 bits per heavy atom. The lowest BCUT2D eigenvalue weighted by Crippen LogP contribution is -2.11.